The molecule has 15 rings (SSSR count). The van der Waals surface area contributed by atoms with Gasteiger partial charge in [0.25, 0.3) is 0 Å². The number of rotatable bonds is 5. The third-order valence-corrected chi connectivity index (χ3v) is 14.0. The van der Waals surface area contributed by atoms with Crippen molar-refractivity contribution >= 4 is 98.0 Å². The van der Waals surface area contributed by atoms with Gasteiger partial charge in [0.15, 0.2) is 17.5 Å². The monoisotopic (exact) mass is 880 g/mol. The summed E-state index contributed by atoms with van der Waals surface area (Å²) in [7, 11) is 0. The molecule has 0 spiro atoms. The van der Waals surface area contributed by atoms with Gasteiger partial charge in [0.05, 0.1) is 22.1 Å². The van der Waals surface area contributed by atoms with E-state index in [1.54, 1.807) is 0 Å². The van der Waals surface area contributed by atoms with Crippen LogP contribution in [0.1, 0.15) is 0 Å². The molecule has 0 aliphatic heterocycles. The second-order valence-electron chi connectivity index (χ2n) is 17.8. The molecule has 0 atom stereocenters. The van der Waals surface area contributed by atoms with E-state index < -0.39 is 0 Å². The Labute approximate surface area is 394 Å². The molecule has 0 radical (unpaired) electrons. The molecule has 69 heavy (non-hydrogen) atoms. The molecular formula is C63H36N4O2. The van der Waals surface area contributed by atoms with Crippen molar-refractivity contribution in [2.45, 2.75) is 0 Å². The topological polar surface area (TPSA) is 69.9 Å². The first-order chi connectivity index (χ1) is 34.2. The molecule has 0 saturated carbocycles. The zero-order valence-electron chi connectivity index (χ0n) is 36.9. The standard InChI is InChI=1S/C63H36N4O2/c1-2-15-37(16-3-1)61-64-62(39-31-33-45-43-19-5-4-17-41(43)42-18-6-7-20-44(42)49(45)36-39)66-63(65-61)48-24-13-28-55-58(48)50-35-38(32-34-54(50)68-55)40-23-12-29-56-59(40)60-53(27-14-30-57(60)69-56)67-51-25-10-8-21-46(51)47-22-9-11-26-52(47)67/h1-36H. The van der Waals surface area contributed by atoms with Crippen LogP contribution in [0.3, 0.4) is 0 Å². The zero-order chi connectivity index (χ0) is 45.2. The van der Waals surface area contributed by atoms with E-state index in [1.807, 2.05) is 30.3 Å². The molecule has 11 aromatic carbocycles. The lowest BCUT2D eigenvalue weighted by atomic mass is 9.93. The van der Waals surface area contributed by atoms with Crippen LogP contribution >= 0.6 is 0 Å². The molecule has 0 saturated heterocycles. The maximum absolute atomic E-state index is 6.70. The summed E-state index contributed by atoms with van der Waals surface area (Å²) in [4.78, 5) is 15.8. The number of aromatic nitrogens is 4. The first-order valence-corrected chi connectivity index (χ1v) is 23.3. The average molecular weight is 881 g/mol. The molecule has 0 fully saturated rings. The Bertz CT molecular complexity index is 4530. The van der Waals surface area contributed by atoms with Crippen LogP contribution in [-0.2, 0) is 0 Å². The van der Waals surface area contributed by atoms with Gasteiger partial charge in [-0.3, -0.25) is 0 Å². The van der Waals surface area contributed by atoms with Gasteiger partial charge >= 0.3 is 0 Å². The van der Waals surface area contributed by atoms with E-state index in [0.717, 1.165) is 93.8 Å². The molecular weight excluding hydrogens is 845 g/mol. The van der Waals surface area contributed by atoms with Crippen molar-refractivity contribution < 1.29 is 8.83 Å². The van der Waals surface area contributed by atoms with Gasteiger partial charge in [-0.15, -0.1) is 0 Å². The third-order valence-electron chi connectivity index (χ3n) is 14.0. The smallest absolute Gasteiger partial charge is 0.164 e. The van der Waals surface area contributed by atoms with Crippen molar-refractivity contribution in [2.24, 2.45) is 0 Å². The van der Waals surface area contributed by atoms with Gasteiger partial charge in [0, 0.05) is 43.6 Å². The van der Waals surface area contributed by atoms with Gasteiger partial charge in [0.1, 0.15) is 22.3 Å². The first-order valence-electron chi connectivity index (χ1n) is 23.3. The van der Waals surface area contributed by atoms with E-state index in [-0.39, 0.29) is 0 Å². The molecule has 0 aliphatic carbocycles. The van der Waals surface area contributed by atoms with Crippen molar-refractivity contribution in [3.63, 3.8) is 0 Å². The van der Waals surface area contributed by atoms with Gasteiger partial charge in [-0.25, -0.2) is 15.0 Å². The highest BCUT2D eigenvalue weighted by molar-refractivity contribution is 6.26. The fourth-order valence-corrected chi connectivity index (χ4v) is 11.0. The summed E-state index contributed by atoms with van der Waals surface area (Å²) in [5.41, 5.74) is 11.4. The molecule has 4 aromatic heterocycles. The van der Waals surface area contributed by atoms with Crippen LogP contribution in [0, 0.1) is 0 Å². The predicted octanol–water partition coefficient (Wildman–Crippen LogP) is 16.9. The van der Waals surface area contributed by atoms with Gasteiger partial charge in [-0.2, -0.15) is 0 Å². The summed E-state index contributed by atoms with van der Waals surface area (Å²) >= 11 is 0. The number of hydrogen-bond acceptors (Lipinski definition) is 5. The Balaban J connectivity index is 0.941. The Kier molecular flexibility index (Phi) is 7.97. The van der Waals surface area contributed by atoms with E-state index in [0.29, 0.717) is 17.5 Å². The third kappa shape index (κ3) is 5.63. The van der Waals surface area contributed by atoms with E-state index >= 15 is 0 Å². The maximum atomic E-state index is 6.70. The summed E-state index contributed by atoms with van der Waals surface area (Å²) in [5, 5.41) is 13.7. The number of fused-ring (bicyclic) bond motifs is 15. The number of furan rings is 2. The lowest BCUT2D eigenvalue weighted by Crippen LogP contribution is -2.00. The number of hydrogen-bond donors (Lipinski definition) is 0. The molecule has 4 heterocycles. The Hall–Kier alpha value is -9.39. The van der Waals surface area contributed by atoms with Gasteiger partial charge in [-0.1, -0.05) is 164 Å². The molecule has 6 heteroatoms. The van der Waals surface area contributed by atoms with Crippen LogP contribution < -0.4 is 0 Å². The fourth-order valence-electron chi connectivity index (χ4n) is 11.0. The highest BCUT2D eigenvalue weighted by Gasteiger charge is 2.23. The minimum atomic E-state index is 0.569. The molecule has 0 amide bonds. The summed E-state index contributed by atoms with van der Waals surface area (Å²) in [6, 6.07) is 76.7. The van der Waals surface area contributed by atoms with Crippen LogP contribution in [0.15, 0.2) is 227 Å². The first kappa shape index (κ1) is 37.8. The summed E-state index contributed by atoms with van der Waals surface area (Å²) < 4.78 is 15.7. The van der Waals surface area contributed by atoms with E-state index in [9.17, 15) is 0 Å². The zero-order valence-corrected chi connectivity index (χ0v) is 36.9. The van der Waals surface area contributed by atoms with Crippen LogP contribution in [0.2, 0.25) is 0 Å². The molecule has 6 nitrogen and oxygen atoms in total. The van der Waals surface area contributed by atoms with E-state index in [2.05, 4.69) is 193 Å². The lowest BCUT2D eigenvalue weighted by Gasteiger charge is -2.13. The quantitative estimate of drug-likeness (QED) is 0.161. The second-order valence-corrected chi connectivity index (χ2v) is 17.8. The largest absolute Gasteiger partial charge is 0.456 e. The summed E-state index contributed by atoms with van der Waals surface area (Å²) in [5.74, 6) is 1.77. The molecule has 0 N–H and O–H groups in total. The summed E-state index contributed by atoms with van der Waals surface area (Å²) in [6.45, 7) is 0. The molecule has 0 bridgehead atoms. The predicted molar refractivity (Wildman–Crippen MR) is 283 cm³/mol. The highest BCUT2D eigenvalue weighted by Crippen LogP contribution is 2.45. The van der Waals surface area contributed by atoms with Crippen LogP contribution in [-0.4, -0.2) is 19.5 Å². The van der Waals surface area contributed by atoms with Crippen molar-refractivity contribution in [1.82, 2.24) is 19.5 Å². The molecule has 0 aliphatic rings. The van der Waals surface area contributed by atoms with Gasteiger partial charge in [0.2, 0.25) is 0 Å². The van der Waals surface area contributed by atoms with Crippen LogP contribution in [0.4, 0.5) is 0 Å². The van der Waals surface area contributed by atoms with Gasteiger partial charge < -0.3 is 13.4 Å². The lowest BCUT2D eigenvalue weighted by molar-refractivity contribution is 0.668. The van der Waals surface area contributed by atoms with Crippen LogP contribution in [0.5, 0.6) is 0 Å². The number of nitrogens with zero attached hydrogens (tertiary/aromatic N) is 4. The Morgan fingerprint density at radius 3 is 1.46 bits per heavy atom. The fraction of sp³-hybridized carbons (Fsp3) is 0. The number of benzene rings is 11. The van der Waals surface area contributed by atoms with Crippen molar-refractivity contribution in [1.29, 1.82) is 0 Å². The number of para-hydroxylation sites is 2. The molecule has 0 unspecified atom stereocenters. The van der Waals surface area contributed by atoms with E-state index in [1.165, 1.54) is 37.7 Å². The minimum absolute atomic E-state index is 0.569. The second kappa shape index (κ2) is 14.6. The summed E-state index contributed by atoms with van der Waals surface area (Å²) in [6.07, 6.45) is 0. The average Bonchev–Trinajstić information content (AvgIpc) is 4.11. The van der Waals surface area contributed by atoms with Gasteiger partial charge in [-0.05, 0) is 98.0 Å². The maximum Gasteiger partial charge on any atom is 0.164 e. The van der Waals surface area contributed by atoms with Crippen molar-refractivity contribution in [3.8, 4) is 51.0 Å². The highest BCUT2D eigenvalue weighted by atomic mass is 16.3. The van der Waals surface area contributed by atoms with Crippen LogP contribution in [0.25, 0.3) is 149 Å². The Morgan fingerprint density at radius 2 is 0.768 bits per heavy atom. The van der Waals surface area contributed by atoms with E-state index in [4.69, 9.17) is 23.8 Å². The molecule has 15 aromatic rings. The van der Waals surface area contributed by atoms with Crippen molar-refractivity contribution in [2.75, 3.05) is 0 Å². The minimum Gasteiger partial charge on any atom is -0.456 e. The SMILES string of the molecule is c1ccc(-c2nc(-c3ccc4c5ccccc5c5ccccc5c4c3)nc(-c3cccc4oc5ccc(-c6cccc7oc8cccc(-n9c%10ccccc%10c%10ccccc%109)c8c67)cc5c34)n2)cc1. The molecule has 320 valence electrons. The van der Waals surface area contributed by atoms with Crippen molar-refractivity contribution in [3.05, 3.63) is 218 Å². The Morgan fingerprint density at radius 1 is 0.275 bits per heavy atom. The normalized spacial score (nSPS) is 12.1.